The summed E-state index contributed by atoms with van der Waals surface area (Å²) < 4.78 is 32.8. The van der Waals surface area contributed by atoms with Crippen molar-refractivity contribution in [2.24, 2.45) is 7.05 Å². The Morgan fingerprint density at radius 3 is 2.23 bits per heavy atom. The fourth-order valence-electron chi connectivity index (χ4n) is 2.79. The molecule has 0 N–H and O–H groups in total. The number of unbranched alkanes of at least 4 members (excludes halogenated alkanes) is 1. The number of hydrogen-bond acceptors (Lipinski definition) is 6. The van der Waals surface area contributed by atoms with Gasteiger partial charge in [0.05, 0.1) is 11.5 Å². The molecule has 8 heteroatoms. The summed E-state index contributed by atoms with van der Waals surface area (Å²) in [6, 6.07) is 14.9. The van der Waals surface area contributed by atoms with E-state index in [1.54, 1.807) is 40.6 Å². The number of nitrogens with zero attached hydrogens (tertiary/aromatic N) is 3. The molecule has 2 aromatic carbocycles. The monoisotopic (exact) mass is 445 g/mol. The zero-order valence-corrected chi connectivity index (χ0v) is 19.2. The van der Waals surface area contributed by atoms with Crippen molar-refractivity contribution in [3.63, 3.8) is 0 Å². The number of sulfone groups is 1. The lowest BCUT2D eigenvalue weighted by Gasteiger charge is -2.07. The first-order valence-electron chi connectivity index (χ1n) is 9.85. The van der Waals surface area contributed by atoms with Crippen LogP contribution in [0.25, 0.3) is 0 Å². The summed E-state index contributed by atoms with van der Waals surface area (Å²) in [5.74, 6) is 2.04. The largest absolute Gasteiger partial charge is 0.494 e. The molecule has 3 rings (SSSR count). The molecule has 0 amide bonds. The van der Waals surface area contributed by atoms with Gasteiger partial charge in [0.15, 0.2) is 15.0 Å². The third-order valence-corrected chi connectivity index (χ3v) is 7.42. The van der Waals surface area contributed by atoms with Gasteiger partial charge in [-0.2, -0.15) is 0 Å². The van der Waals surface area contributed by atoms with Gasteiger partial charge in [0.25, 0.3) is 0 Å². The van der Waals surface area contributed by atoms with Gasteiger partial charge in [0.2, 0.25) is 0 Å². The highest BCUT2D eigenvalue weighted by atomic mass is 32.2. The Bertz CT molecular complexity index is 1060. The van der Waals surface area contributed by atoms with E-state index >= 15 is 0 Å². The van der Waals surface area contributed by atoms with E-state index in [1.807, 2.05) is 38.2 Å². The average Bonchev–Trinajstić information content (AvgIpc) is 3.05. The molecule has 0 bridgehead atoms. The Balaban J connectivity index is 1.45. The quantitative estimate of drug-likeness (QED) is 0.341. The van der Waals surface area contributed by atoms with Crippen LogP contribution in [0.15, 0.2) is 58.6 Å². The summed E-state index contributed by atoms with van der Waals surface area (Å²) in [6.07, 6.45) is 1.91. The van der Waals surface area contributed by atoms with Crippen LogP contribution in [0.1, 0.15) is 29.8 Å². The number of hydrogen-bond donors (Lipinski definition) is 0. The Labute approximate surface area is 182 Å². The van der Waals surface area contributed by atoms with Crippen LogP contribution in [0.3, 0.4) is 0 Å². The molecule has 0 saturated carbocycles. The van der Waals surface area contributed by atoms with Gasteiger partial charge in [-0.15, -0.1) is 10.2 Å². The van der Waals surface area contributed by atoms with E-state index in [1.165, 1.54) is 5.56 Å². The molecule has 0 unspecified atom stereocenters. The maximum atomic E-state index is 12.6. The Morgan fingerprint density at radius 1 is 0.933 bits per heavy atom. The van der Waals surface area contributed by atoms with Gasteiger partial charge in [-0.3, -0.25) is 0 Å². The Hall–Kier alpha value is -2.32. The summed E-state index contributed by atoms with van der Waals surface area (Å²) in [5, 5.41) is 8.98. The molecular weight excluding hydrogens is 418 g/mol. The number of aromatic nitrogens is 3. The maximum absolute atomic E-state index is 12.6. The number of benzene rings is 2. The summed E-state index contributed by atoms with van der Waals surface area (Å²) >= 11 is 1.58. The lowest BCUT2D eigenvalue weighted by atomic mass is 10.2. The van der Waals surface area contributed by atoms with E-state index in [9.17, 15) is 8.42 Å². The van der Waals surface area contributed by atoms with E-state index in [4.69, 9.17) is 4.74 Å². The highest BCUT2D eigenvalue weighted by Crippen LogP contribution is 2.21. The zero-order valence-electron chi connectivity index (χ0n) is 17.5. The van der Waals surface area contributed by atoms with Gasteiger partial charge >= 0.3 is 0 Å². The van der Waals surface area contributed by atoms with Crippen LogP contribution in [0.5, 0.6) is 5.75 Å². The molecule has 1 heterocycles. The molecule has 160 valence electrons. The normalized spacial score (nSPS) is 11.6. The molecule has 0 saturated heterocycles. The van der Waals surface area contributed by atoms with E-state index < -0.39 is 9.84 Å². The number of rotatable bonds is 10. The molecule has 3 aromatic rings. The maximum Gasteiger partial charge on any atom is 0.190 e. The molecule has 0 atom stereocenters. The molecular formula is C22H27N3O3S2. The first kappa shape index (κ1) is 22.4. The molecule has 0 aliphatic carbocycles. The molecule has 6 nitrogen and oxygen atoms in total. The Morgan fingerprint density at radius 2 is 1.57 bits per heavy atom. The average molecular weight is 446 g/mol. The second-order valence-corrected chi connectivity index (χ2v) is 10.3. The number of ether oxygens (including phenoxy) is 1. The summed E-state index contributed by atoms with van der Waals surface area (Å²) in [5.41, 5.74) is 2.24. The second-order valence-electron chi connectivity index (χ2n) is 7.25. The lowest BCUT2D eigenvalue weighted by molar-refractivity contribution is 0.310. The minimum absolute atomic E-state index is 0.162. The van der Waals surface area contributed by atoms with Gasteiger partial charge in [0.1, 0.15) is 17.3 Å². The fraction of sp³-hybridized carbons (Fsp3) is 0.364. The zero-order chi connectivity index (χ0) is 21.6. The van der Waals surface area contributed by atoms with Crippen molar-refractivity contribution in [3.8, 4) is 5.75 Å². The van der Waals surface area contributed by atoms with Gasteiger partial charge in [-0.25, -0.2) is 8.42 Å². The summed E-state index contributed by atoms with van der Waals surface area (Å²) in [7, 11) is -1.64. The third-order valence-electron chi connectivity index (χ3n) is 4.68. The van der Waals surface area contributed by atoms with Crippen LogP contribution in [-0.4, -0.2) is 35.5 Å². The van der Waals surface area contributed by atoms with E-state index in [-0.39, 0.29) is 5.75 Å². The second kappa shape index (κ2) is 10.1. The van der Waals surface area contributed by atoms with Crippen LogP contribution in [0, 0.1) is 13.8 Å². The lowest BCUT2D eigenvalue weighted by Crippen LogP contribution is -2.09. The first-order chi connectivity index (χ1) is 14.3. The number of aryl methyl sites for hydroxylation is 2. The predicted octanol–water partition coefficient (Wildman–Crippen LogP) is 4.36. The van der Waals surface area contributed by atoms with E-state index in [2.05, 4.69) is 17.1 Å². The van der Waals surface area contributed by atoms with Crippen molar-refractivity contribution in [1.82, 2.24) is 14.8 Å². The molecule has 0 radical (unpaired) electrons. The van der Waals surface area contributed by atoms with E-state index in [0.717, 1.165) is 35.1 Å². The standard InChI is InChI=1S/C22H27N3O3S2/c1-17-6-10-19(11-7-17)28-14-4-5-15-29-22-24-23-21(25(22)3)16-30(26,27)20-12-8-18(2)9-13-20/h6-13H,4-5,14-16H2,1-3H3. The molecule has 0 spiro atoms. The molecule has 0 aliphatic heterocycles. The molecule has 30 heavy (non-hydrogen) atoms. The van der Waals surface area contributed by atoms with Crippen molar-refractivity contribution in [2.45, 2.75) is 42.5 Å². The van der Waals surface area contributed by atoms with Crippen LogP contribution in [0.2, 0.25) is 0 Å². The van der Waals surface area contributed by atoms with Gasteiger partial charge in [-0.05, 0) is 51.0 Å². The fourth-order valence-corrected chi connectivity index (χ4v) is 5.02. The molecule has 0 aliphatic rings. The first-order valence-corrected chi connectivity index (χ1v) is 12.5. The molecule has 0 fully saturated rings. The SMILES string of the molecule is Cc1ccc(OCCCCSc2nnc(CS(=O)(=O)c3ccc(C)cc3)n2C)cc1. The summed E-state index contributed by atoms with van der Waals surface area (Å²) in [4.78, 5) is 0.305. The summed E-state index contributed by atoms with van der Waals surface area (Å²) in [6.45, 7) is 4.65. The minimum Gasteiger partial charge on any atom is -0.494 e. The highest BCUT2D eigenvalue weighted by Gasteiger charge is 2.20. The smallest absolute Gasteiger partial charge is 0.190 e. The van der Waals surface area contributed by atoms with Crippen LogP contribution in [0.4, 0.5) is 0 Å². The van der Waals surface area contributed by atoms with Crippen molar-refractivity contribution < 1.29 is 13.2 Å². The van der Waals surface area contributed by atoms with Crippen molar-refractivity contribution >= 4 is 21.6 Å². The van der Waals surface area contributed by atoms with Gasteiger partial charge in [0, 0.05) is 12.8 Å². The van der Waals surface area contributed by atoms with E-state index in [0.29, 0.717) is 17.3 Å². The van der Waals surface area contributed by atoms with Gasteiger partial charge < -0.3 is 9.30 Å². The number of thioether (sulfide) groups is 1. The van der Waals surface area contributed by atoms with Crippen molar-refractivity contribution in [3.05, 3.63) is 65.5 Å². The highest BCUT2D eigenvalue weighted by molar-refractivity contribution is 7.99. The van der Waals surface area contributed by atoms with Crippen LogP contribution in [-0.2, 0) is 22.6 Å². The van der Waals surface area contributed by atoms with Crippen LogP contribution >= 0.6 is 11.8 Å². The van der Waals surface area contributed by atoms with Crippen LogP contribution < -0.4 is 4.74 Å². The topological polar surface area (TPSA) is 74.1 Å². The minimum atomic E-state index is -3.45. The predicted molar refractivity (Wildman–Crippen MR) is 120 cm³/mol. The van der Waals surface area contributed by atoms with Crippen molar-refractivity contribution in [2.75, 3.05) is 12.4 Å². The van der Waals surface area contributed by atoms with Crippen molar-refractivity contribution in [1.29, 1.82) is 0 Å². The van der Waals surface area contributed by atoms with Gasteiger partial charge in [-0.1, -0.05) is 47.2 Å². The molecule has 1 aromatic heterocycles. The Kier molecular flexibility index (Phi) is 7.55. The third kappa shape index (κ3) is 6.09.